The van der Waals surface area contributed by atoms with Crippen molar-refractivity contribution in [2.24, 2.45) is 0 Å². The molecule has 14 heavy (non-hydrogen) atoms. The summed E-state index contributed by atoms with van der Waals surface area (Å²) in [4.78, 5) is -0.865. The number of aliphatic hydroxyl groups excluding tert-OH is 1. The smallest absolute Gasteiger partial charge is 0.501 e. The Morgan fingerprint density at radius 2 is 1.64 bits per heavy atom. The molecule has 0 aliphatic heterocycles. The highest BCUT2D eigenvalue weighted by Crippen LogP contribution is 2.36. The lowest BCUT2D eigenvalue weighted by Crippen LogP contribution is -2.26. The quantitative estimate of drug-likeness (QED) is 0.751. The maximum atomic E-state index is 12.1. The molecule has 1 rings (SSSR count). The van der Waals surface area contributed by atoms with Crippen LogP contribution in [0.25, 0.3) is 0 Å². The summed E-state index contributed by atoms with van der Waals surface area (Å²) in [6, 6.07) is 0. The maximum absolute atomic E-state index is 12.1. The number of sulfone groups is 1. The van der Waals surface area contributed by atoms with Crippen LogP contribution in [0.5, 0.6) is 0 Å². The number of aliphatic hydroxyl groups is 1. The van der Waals surface area contributed by atoms with Crippen molar-refractivity contribution < 1.29 is 26.7 Å². The van der Waals surface area contributed by atoms with Gasteiger partial charge in [-0.15, -0.1) is 0 Å². The van der Waals surface area contributed by atoms with Crippen LogP contribution >= 0.6 is 0 Å². The SMILES string of the molecule is O=S(=O)(C1=C(O)CCCC1)C(F)(F)F. The molecule has 0 bridgehead atoms. The minimum atomic E-state index is -5.32. The van der Waals surface area contributed by atoms with Crippen LogP contribution in [-0.2, 0) is 9.84 Å². The molecule has 0 radical (unpaired) electrons. The zero-order valence-corrected chi connectivity index (χ0v) is 7.95. The molecule has 82 valence electrons. The van der Waals surface area contributed by atoms with Crippen LogP contribution in [-0.4, -0.2) is 19.0 Å². The van der Waals surface area contributed by atoms with E-state index in [0.29, 0.717) is 12.8 Å². The van der Waals surface area contributed by atoms with Crippen molar-refractivity contribution in [3.8, 4) is 0 Å². The van der Waals surface area contributed by atoms with E-state index in [9.17, 15) is 21.6 Å². The zero-order chi connectivity index (χ0) is 11.0. The second-order valence-electron chi connectivity index (χ2n) is 3.03. The fraction of sp³-hybridized carbons (Fsp3) is 0.714. The molecule has 0 aromatic carbocycles. The van der Waals surface area contributed by atoms with Crippen molar-refractivity contribution in [1.29, 1.82) is 0 Å². The van der Waals surface area contributed by atoms with E-state index in [0.717, 1.165) is 0 Å². The van der Waals surface area contributed by atoms with Gasteiger partial charge in [-0.25, -0.2) is 8.42 Å². The molecule has 0 atom stereocenters. The van der Waals surface area contributed by atoms with Crippen LogP contribution in [0, 0.1) is 0 Å². The molecular weight excluding hydrogens is 221 g/mol. The average Bonchev–Trinajstić information content (AvgIpc) is 2.02. The summed E-state index contributed by atoms with van der Waals surface area (Å²) in [5.74, 6) is -0.645. The van der Waals surface area contributed by atoms with Gasteiger partial charge in [-0.2, -0.15) is 13.2 Å². The number of rotatable bonds is 1. The van der Waals surface area contributed by atoms with Crippen molar-refractivity contribution in [3.63, 3.8) is 0 Å². The summed E-state index contributed by atoms with van der Waals surface area (Å²) in [6.45, 7) is 0. The Labute approximate surface area is 79.1 Å². The first-order valence-corrected chi connectivity index (χ1v) is 5.47. The predicted molar refractivity (Wildman–Crippen MR) is 43.1 cm³/mol. The molecule has 0 fully saturated rings. The third kappa shape index (κ3) is 1.87. The molecule has 0 saturated carbocycles. The molecule has 0 aromatic heterocycles. The van der Waals surface area contributed by atoms with Crippen LogP contribution in [0.4, 0.5) is 13.2 Å². The van der Waals surface area contributed by atoms with Gasteiger partial charge < -0.3 is 5.11 Å². The van der Waals surface area contributed by atoms with Crippen LogP contribution in [0.2, 0.25) is 0 Å². The third-order valence-electron chi connectivity index (χ3n) is 2.02. The monoisotopic (exact) mass is 230 g/mol. The van der Waals surface area contributed by atoms with Gasteiger partial charge in [0.2, 0.25) is 0 Å². The summed E-state index contributed by atoms with van der Waals surface area (Å²) in [7, 11) is -5.32. The fourth-order valence-corrected chi connectivity index (χ4v) is 2.40. The summed E-state index contributed by atoms with van der Waals surface area (Å²) in [5.41, 5.74) is -5.31. The van der Waals surface area contributed by atoms with E-state index in [1.54, 1.807) is 0 Å². The first-order chi connectivity index (χ1) is 6.27. The Bertz CT molecular complexity index is 353. The Morgan fingerprint density at radius 1 is 1.14 bits per heavy atom. The minimum Gasteiger partial charge on any atom is -0.511 e. The van der Waals surface area contributed by atoms with Gasteiger partial charge in [0, 0.05) is 6.42 Å². The van der Waals surface area contributed by atoms with Crippen LogP contribution in [0.1, 0.15) is 25.7 Å². The number of halogens is 3. The molecule has 1 N–H and O–H groups in total. The van der Waals surface area contributed by atoms with Crippen molar-refractivity contribution in [2.45, 2.75) is 31.2 Å². The van der Waals surface area contributed by atoms with Crippen LogP contribution in [0.15, 0.2) is 10.7 Å². The average molecular weight is 230 g/mol. The Morgan fingerprint density at radius 3 is 2.07 bits per heavy atom. The number of alkyl halides is 3. The van der Waals surface area contributed by atoms with Crippen LogP contribution in [0.3, 0.4) is 0 Å². The summed E-state index contributed by atoms with van der Waals surface area (Å²) < 4.78 is 57.9. The zero-order valence-electron chi connectivity index (χ0n) is 7.13. The van der Waals surface area contributed by atoms with Crippen LogP contribution < -0.4 is 0 Å². The van der Waals surface area contributed by atoms with Gasteiger partial charge in [0.1, 0.15) is 5.76 Å². The second kappa shape index (κ2) is 3.45. The van der Waals surface area contributed by atoms with Crippen molar-refractivity contribution in [1.82, 2.24) is 0 Å². The van der Waals surface area contributed by atoms with Crippen molar-refractivity contribution in [3.05, 3.63) is 10.7 Å². The molecule has 0 aromatic rings. The predicted octanol–water partition coefficient (Wildman–Crippen LogP) is 2.26. The number of hydrogen-bond acceptors (Lipinski definition) is 3. The van der Waals surface area contributed by atoms with E-state index in [2.05, 4.69) is 0 Å². The maximum Gasteiger partial charge on any atom is 0.501 e. The summed E-state index contributed by atoms with van der Waals surface area (Å²) >= 11 is 0. The summed E-state index contributed by atoms with van der Waals surface area (Å²) in [5, 5.41) is 9.07. The highest BCUT2D eigenvalue weighted by atomic mass is 32.2. The summed E-state index contributed by atoms with van der Waals surface area (Å²) in [6.07, 6.45) is 0.649. The molecule has 0 amide bonds. The standard InChI is InChI=1S/C7H9F3O3S/c8-7(9,10)14(12,13)6-4-2-1-3-5(6)11/h11H,1-4H2. The molecule has 0 heterocycles. The number of hydrogen-bond donors (Lipinski definition) is 1. The number of allylic oxidation sites excluding steroid dienone is 2. The molecule has 1 aliphatic carbocycles. The topological polar surface area (TPSA) is 54.4 Å². The third-order valence-corrected chi connectivity index (χ3v) is 3.72. The van der Waals surface area contributed by atoms with E-state index in [-0.39, 0.29) is 12.8 Å². The minimum absolute atomic E-state index is 0.00461. The van der Waals surface area contributed by atoms with E-state index in [1.807, 2.05) is 0 Å². The Balaban J connectivity index is 3.17. The molecule has 0 saturated heterocycles. The van der Waals surface area contributed by atoms with E-state index in [4.69, 9.17) is 5.11 Å². The lowest BCUT2D eigenvalue weighted by atomic mass is 10.1. The van der Waals surface area contributed by atoms with Gasteiger partial charge in [-0.05, 0) is 19.3 Å². The lowest BCUT2D eigenvalue weighted by molar-refractivity contribution is -0.0429. The Kier molecular flexibility index (Phi) is 2.80. The van der Waals surface area contributed by atoms with E-state index < -0.39 is 26.0 Å². The van der Waals surface area contributed by atoms with Gasteiger partial charge in [0.15, 0.2) is 0 Å². The Hall–Kier alpha value is -0.720. The van der Waals surface area contributed by atoms with Gasteiger partial charge in [0.05, 0.1) is 4.91 Å². The molecule has 3 nitrogen and oxygen atoms in total. The normalized spacial score (nSPS) is 19.9. The van der Waals surface area contributed by atoms with E-state index >= 15 is 0 Å². The highest BCUT2D eigenvalue weighted by molar-refractivity contribution is 7.96. The molecule has 0 unspecified atom stereocenters. The fourth-order valence-electron chi connectivity index (χ4n) is 1.29. The van der Waals surface area contributed by atoms with Gasteiger partial charge >= 0.3 is 5.51 Å². The van der Waals surface area contributed by atoms with Gasteiger partial charge in [-0.1, -0.05) is 0 Å². The lowest BCUT2D eigenvalue weighted by Gasteiger charge is -2.17. The largest absolute Gasteiger partial charge is 0.511 e. The second-order valence-corrected chi connectivity index (χ2v) is 4.99. The van der Waals surface area contributed by atoms with Crippen molar-refractivity contribution in [2.75, 3.05) is 0 Å². The molecule has 1 aliphatic rings. The molecule has 7 heteroatoms. The molecule has 0 spiro atoms. The first kappa shape index (κ1) is 11.4. The first-order valence-electron chi connectivity index (χ1n) is 3.99. The van der Waals surface area contributed by atoms with E-state index in [1.165, 1.54) is 0 Å². The van der Waals surface area contributed by atoms with Crippen molar-refractivity contribution >= 4 is 9.84 Å². The van der Waals surface area contributed by atoms with Gasteiger partial charge in [0.25, 0.3) is 9.84 Å². The molecular formula is C7H9F3O3S. The highest BCUT2D eigenvalue weighted by Gasteiger charge is 2.49. The van der Waals surface area contributed by atoms with Gasteiger partial charge in [-0.3, -0.25) is 0 Å².